The highest BCUT2D eigenvalue weighted by Crippen LogP contribution is 2.36. The molecule has 1 fully saturated rings. The number of nitriles is 1. The molecule has 0 amide bonds. The molecule has 0 aliphatic carbocycles. The molecule has 0 aromatic carbocycles. The number of nitrogens with one attached hydrogen (secondary N) is 1. The highest BCUT2D eigenvalue weighted by molar-refractivity contribution is 7.90. The number of alkyl halides is 3. The van der Waals surface area contributed by atoms with Crippen molar-refractivity contribution in [2.24, 2.45) is 0 Å². The summed E-state index contributed by atoms with van der Waals surface area (Å²) in [5.41, 5.74) is 0.972. The fourth-order valence-electron chi connectivity index (χ4n) is 3.47. The van der Waals surface area contributed by atoms with Crippen molar-refractivity contribution in [1.29, 1.82) is 5.26 Å². The van der Waals surface area contributed by atoms with E-state index in [0.29, 0.717) is 0 Å². The number of nitrogens with zero attached hydrogens (tertiary/aromatic N) is 5. The summed E-state index contributed by atoms with van der Waals surface area (Å²) in [6.45, 7) is 3.89. The lowest BCUT2D eigenvalue weighted by molar-refractivity contribution is -0.141. The van der Waals surface area contributed by atoms with Crippen LogP contribution in [-0.2, 0) is 16.0 Å². The molecule has 2 aromatic rings. The number of anilines is 1. The minimum Gasteiger partial charge on any atom is -0.301 e. The van der Waals surface area contributed by atoms with Crippen molar-refractivity contribution in [3.05, 3.63) is 29.6 Å². The SMILES string of the molecule is CC1CCCC(C)N1Nc1c(C#N)c(C(F)(F)F)nn1-c1ccc(S(C)(=O)=O)cn1. The van der Waals surface area contributed by atoms with Gasteiger partial charge in [0.15, 0.2) is 27.2 Å². The summed E-state index contributed by atoms with van der Waals surface area (Å²) in [6, 6.07) is 4.13. The first-order chi connectivity index (χ1) is 13.9. The molecule has 8 nitrogen and oxygen atoms in total. The zero-order chi connectivity index (χ0) is 22.3. The van der Waals surface area contributed by atoms with Gasteiger partial charge in [0, 0.05) is 24.5 Å². The number of hydrazine groups is 1. The minimum atomic E-state index is -4.85. The van der Waals surface area contributed by atoms with Gasteiger partial charge in [-0.1, -0.05) is 6.42 Å². The van der Waals surface area contributed by atoms with Crippen LogP contribution in [0.5, 0.6) is 0 Å². The van der Waals surface area contributed by atoms with Gasteiger partial charge < -0.3 is 5.43 Å². The van der Waals surface area contributed by atoms with E-state index in [1.54, 1.807) is 6.07 Å². The summed E-state index contributed by atoms with van der Waals surface area (Å²) in [7, 11) is -3.53. The fraction of sp³-hybridized carbons (Fsp3) is 0.500. The summed E-state index contributed by atoms with van der Waals surface area (Å²) < 4.78 is 64.8. The highest BCUT2D eigenvalue weighted by atomic mass is 32.2. The van der Waals surface area contributed by atoms with Crippen LogP contribution in [0, 0.1) is 11.3 Å². The topological polar surface area (TPSA) is 104 Å². The summed E-state index contributed by atoms with van der Waals surface area (Å²) in [4.78, 5) is 3.88. The number of rotatable bonds is 4. The second-order valence-electron chi connectivity index (χ2n) is 7.37. The molecule has 1 N–H and O–H groups in total. The molecule has 1 saturated heterocycles. The van der Waals surface area contributed by atoms with Crippen LogP contribution in [0.15, 0.2) is 23.2 Å². The van der Waals surface area contributed by atoms with Crippen molar-refractivity contribution >= 4 is 15.7 Å². The van der Waals surface area contributed by atoms with E-state index < -0.39 is 27.3 Å². The molecular weight excluding hydrogens is 421 g/mol. The van der Waals surface area contributed by atoms with Crippen LogP contribution in [-0.4, -0.2) is 46.5 Å². The van der Waals surface area contributed by atoms with Crippen LogP contribution < -0.4 is 5.43 Å². The maximum absolute atomic E-state index is 13.5. The monoisotopic (exact) mass is 442 g/mol. The Morgan fingerprint density at radius 3 is 2.33 bits per heavy atom. The Morgan fingerprint density at radius 1 is 1.23 bits per heavy atom. The molecule has 0 bridgehead atoms. The van der Waals surface area contributed by atoms with Gasteiger partial charge in [0.2, 0.25) is 0 Å². The lowest BCUT2D eigenvalue weighted by Crippen LogP contribution is -2.47. The lowest BCUT2D eigenvalue weighted by atomic mass is 10.00. The predicted octanol–water partition coefficient (Wildman–Crippen LogP) is 3.15. The average Bonchev–Trinajstić information content (AvgIpc) is 3.03. The van der Waals surface area contributed by atoms with Crippen LogP contribution in [0.1, 0.15) is 44.4 Å². The number of hydrogen-bond donors (Lipinski definition) is 1. The van der Waals surface area contributed by atoms with E-state index in [0.717, 1.165) is 36.4 Å². The van der Waals surface area contributed by atoms with E-state index in [1.807, 2.05) is 18.9 Å². The molecule has 0 spiro atoms. The Morgan fingerprint density at radius 2 is 1.87 bits per heavy atom. The number of hydrogen-bond acceptors (Lipinski definition) is 7. The molecule has 3 heterocycles. The van der Waals surface area contributed by atoms with Crippen molar-refractivity contribution in [2.45, 2.75) is 56.3 Å². The third-order valence-corrected chi connectivity index (χ3v) is 6.16. The second-order valence-corrected chi connectivity index (χ2v) is 9.38. The van der Waals surface area contributed by atoms with Crippen LogP contribution in [0.25, 0.3) is 5.82 Å². The maximum atomic E-state index is 13.5. The van der Waals surface area contributed by atoms with Crippen LogP contribution >= 0.6 is 0 Å². The smallest absolute Gasteiger partial charge is 0.301 e. The first-order valence-corrected chi connectivity index (χ1v) is 11.1. The molecule has 1 aliphatic rings. The molecule has 30 heavy (non-hydrogen) atoms. The maximum Gasteiger partial charge on any atom is 0.436 e. The third kappa shape index (κ3) is 4.27. The molecule has 1 aliphatic heterocycles. The highest BCUT2D eigenvalue weighted by Gasteiger charge is 2.41. The molecule has 2 aromatic heterocycles. The van der Waals surface area contributed by atoms with Gasteiger partial charge in [-0.3, -0.25) is 0 Å². The van der Waals surface area contributed by atoms with Gasteiger partial charge >= 0.3 is 6.18 Å². The quantitative estimate of drug-likeness (QED) is 0.776. The van der Waals surface area contributed by atoms with E-state index in [2.05, 4.69) is 15.5 Å². The molecule has 12 heteroatoms. The van der Waals surface area contributed by atoms with Gasteiger partial charge in [0.05, 0.1) is 4.90 Å². The molecule has 0 saturated carbocycles. The standard InChI is InChI=1S/C18H21F3N6O2S/c1-11-5-4-6-12(2)26(11)25-17-14(9-22)16(18(19,20)21)24-27(17)15-8-7-13(10-23-15)30(3,28)29/h7-8,10-12,25H,4-6H2,1-3H3. The van der Waals surface area contributed by atoms with E-state index in [1.165, 1.54) is 12.1 Å². The Balaban J connectivity index is 2.14. The number of halogens is 3. The van der Waals surface area contributed by atoms with Gasteiger partial charge in [0.1, 0.15) is 11.6 Å². The summed E-state index contributed by atoms with van der Waals surface area (Å²) in [6.07, 6.45) is -0.117. The van der Waals surface area contributed by atoms with Crippen LogP contribution in [0.4, 0.5) is 19.0 Å². The molecule has 0 radical (unpaired) electrons. The summed E-state index contributed by atoms with van der Waals surface area (Å²) >= 11 is 0. The molecular formula is C18H21F3N6O2S. The van der Waals surface area contributed by atoms with Crippen molar-refractivity contribution in [3.8, 4) is 11.9 Å². The molecule has 2 atom stereocenters. The Kier molecular flexibility index (Phi) is 5.79. The molecule has 162 valence electrons. The molecule has 2 unspecified atom stereocenters. The van der Waals surface area contributed by atoms with Gasteiger partial charge in [-0.05, 0) is 38.8 Å². The number of aromatic nitrogens is 3. The van der Waals surface area contributed by atoms with Crippen molar-refractivity contribution in [2.75, 3.05) is 11.7 Å². The summed E-state index contributed by atoms with van der Waals surface area (Å²) in [5.74, 6) is -0.209. The van der Waals surface area contributed by atoms with Crippen molar-refractivity contribution in [1.82, 2.24) is 19.8 Å². The lowest BCUT2D eigenvalue weighted by Gasteiger charge is -2.39. The number of piperidine rings is 1. The van der Waals surface area contributed by atoms with Gasteiger partial charge in [0.25, 0.3) is 0 Å². The van der Waals surface area contributed by atoms with Crippen LogP contribution in [0.2, 0.25) is 0 Å². The Hall–Kier alpha value is -2.65. The minimum absolute atomic E-state index is 0.0264. The Bertz CT molecular complexity index is 1060. The number of pyridine rings is 1. The largest absolute Gasteiger partial charge is 0.436 e. The summed E-state index contributed by atoms with van der Waals surface area (Å²) in [5, 5.41) is 14.9. The zero-order valence-corrected chi connectivity index (χ0v) is 17.4. The normalized spacial score (nSPS) is 20.7. The second kappa shape index (κ2) is 7.88. The first kappa shape index (κ1) is 22.0. The van der Waals surface area contributed by atoms with Crippen LogP contribution in [0.3, 0.4) is 0 Å². The third-order valence-electron chi connectivity index (χ3n) is 5.06. The number of sulfone groups is 1. The van der Waals surface area contributed by atoms with Gasteiger partial charge in [-0.2, -0.15) is 28.2 Å². The van der Waals surface area contributed by atoms with Gasteiger partial charge in [-0.15, -0.1) is 0 Å². The van der Waals surface area contributed by atoms with E-state index in [9.17, 15) is 26.9 Å². The van der Waals surface area contributed by atoms with Crippen molar-refractivity contribution in [3.63, 3.8) is 0 Å². The van der Waals surface area contributed by atoms with E-state index in [-0.39, 0.29) is 28.6 Å². The van der Waals surface area contributed by atoms with Gasteiger partial charge in [-0.25, -0.2) is 18.4 Å². The fourth-order valence-corrected chi connectivity index (χ4v) is 4.03. The first-order valence-electron chi connectivity index (χ1n) is 9.25. The van der Waals surface area contributed by atoms with E-state index in [4.69, 9.17) is 0 Å². The predicted molar refractivity (Wildman–Crippen MR) is 102 cm³/mol. The Labute approximate surface area is 172 Å². The molecule has 3 rings (SSSR count). The average molecular weight is 442 g/mol. The van der Waals surface area contributed by atoms with Crippen molar-refractivity contribution < 1.29 is 21.6 Å². The van der Waals surface area contributed by atoms with E-state index >= 15 is 0 Å². The zero-order valence-electron chi connectivity index (χ0n) is 16.6.